The molecule has 1 aromatic carbocycles. The van der Waals surface area contributed by atoms with Gasteiger partial charge in [0.05, 0.1) is 0 Å². The molecule has 74 valence electrons. The van der Waals surface area contributed by atoms with Crippen LogP contribution in [0.5, 0.6) is 0 Å². The van der Waals surface area contributed by atoms with Crippen molar-refractivity contribution in [2.75, 3.05) is 6.54 Å². The van der Waals surface area contributed by atoms with Gasteiger partial charge in [-0.1, -0.05) is 11.6 Å². The van der Waals surface area contributed by atoms with E-state index < -0.39 is 0 Å². The second-order valence-corrected chi connectivity index (χ2v) is 3.14. The Bertz CT molecular complexity index is 334. The topological polar surface area (TPSA) is 37.4 Å². The molecule has 0 atom stereocenters. The van der Waals surface area contributed by atoms with Crippen LogP contribution in [0.25, 0.3) is 0 Å². The molecule has 14 heavy (non-hydrogen) atoms. The molecule has 2 amide bonds. The summed E-state index contributed by atoms with van der Waals surface area (Å²) in [7, 11) is 0. The van der Waals surface area contributed by atoms with Crippen molar-refractivity contribution in [1.82, 2.24) is 4.90 Å². The molecular weight excluding hydrogens is 202 g/mol. The quantitative estimate of drug-likeness (QED) is 0.717. The lowest BCUT2D eigenvalue weighted by atomic mass is 10.2. The molecule has 1 aromatic rings. The molecule has 0 fully saturated rings. The van der Waals surface area contributed by atoms with Crippen LogP contribution in [0, 0.1) is 0 Å². The van der Waals surface area contributed by atoms with Gasteiger partial charge in [0.2, 0.25) is 6.41 Å². The van der Waals surface area contributed by atoms with E-state index in [2.05, 4.69) is 0 Å². The lowest BCUT2D eigenvalue weighted by Gasteiger charge is -2.12. The van der Waals surface area contributed by atoms with E-state index in [-0.39, 0.29) is 5.91 Å². The van der Waals surface area contributed by atoms with Crippen LogP contribution in [0.15, 0.2) is 24.3 Å². The average molecular weight is 212 g/mol. The van der Waals surface area contributed by atoms with Crippen molar-refractivity contribution in [3.8, 4) is 0 Å². The number of benzene rings is 1. The Morgan fingerprint density at radius 3 is 2.43 bits per heavy atom. The van der Waals surface area contributed by atoms with E-state index in [1.54, 1.807) is 31.2 Å². The van der Waals surface area contributed by atoms with E-state index >= 15 is 0 Å². The summed E-state index contributed by atoms with van der Waals surface area (Å²) >= 11 is 5.67. The highest BCUT2D eigenvalue weighted by Crippen LogP contribution is 2.10. The van der Waals surface area contributed by atoms with Crippen LogP contribution in [-0.4, -0.2) is 23.8 Å². The smallest absolute Gasteiger partial charge is 0.260 e. The lowest BCUT2D eigenvalue weighted by molar-refractivity contribution is -0.115. The highest BCUT2D eigenvalue weighted by Gasteiger charge is 2.12. The maximum Gasteiger partial charge on any atom is 0.260 e. The number of halogens is 1. The van der Waals surface area contributed by atoms with Crippen molar-refractivity contribution in [2.24, 2.45) is 0 Å². The minimum absolute atomic E-state index is 0.306. The fraction of sp³-hybridized carbons (Fsp3) is 0.200. The van der Waals surface area contributed by atoms with E-state index in [1.807, 2.05) is 0 Å². The van der Waals surface area contributed by atoms with E-state index in [4.69, 9.17) is 11.6 Å². The molecule has 0 saturated heterocycles. The summed E-state index contributed by atoms with van der Waals surface area (Å²) in [6.45, 7) is 2.10. The molecule has 0 saturated carbocycles. The van der Waals surface area contributed by atoms with E-state index in [0.717, 1.165) is 4.90 Å². The average Bonchev–Trinajstić information content (AvgIpc) is 2.20. The zero-order valence-corrected chi connectivity index (χ0v) is 8.49. The zero-order valence-electron chi connectivity index (χ0n) is 7.74. The summed E-state index contributed by atoms with van der Waals surface area (Å²) in [5.74, 6) is -0.306. The molecule has 0 bridgehead atoms. The highest BCUT2D eigenvalue weighted by molar-refractivity contribution is 6.30. The van der Waals surface area contributed by atoms with Crippen molar-refractivity contribution < 1.29 is 9.59 Å². The van der Waals surface area contributed by atoms with Crippen LogP contribution in [0.3, 0.4) is 0 Å². The highest BCUT2D eigenvalue weighted by atomic mass is 35.5. The van der Waals surface area contributed by atoms with Gasteiger partial charge in [0.25, 0.3) is 5.91 Å². The minimum Gasteiger partial charge on any atom is -0.281 e. The van der Waals surface area contributed by atoms with E-state index in [1.165, 1.54) is 0 Å². The summed E-state index contributed by atoms with van der Waals surface area (Å²) in [4.78, 5) is 23.2. The first-order valence-electron chi connectivity index (χ1n) is 4.21. The van der Waals surface area contributed by atoms with Crippen molar-refractivity contribution in [3.05, 3.63) is 34.9 Å². The first-order valence-corrected chi connectivity index (χ1v) is 4.58. The van der Waals surface area contributed by atoms with Gasteiger partial charge in [-0.2, -0.15) is 0 Å². The third-order valence-corrected chi connectivity index (χ3v) is 2.07. The predicted octanol–water partition coefficient (Wildman–Crippen LogP) is 1.96. The molecule has 4 heteroatoms. The molecule has 0 radical (unpaired) electrons. The molecule has 0 aliphatic carbocycles. The molecule has 1 rings (SSSR count). The Hall–Kier alpha value is -1.35. The summed E-state index contributed by atoms with van der Waals surface area (Å²) in [6.07, 6.45) is 0.525. The zero-order chi connectivity index (χ0) is 10.6. The molecule has 0 N–H and O–H groups in total. The fourth-order valence-electron chi connectivity index (χ4n) is 1.02. The lowest BCUT2D eigenvalue weighted by Crippen LogP contribution is -2.29. The van der Waals surface area contributed by atoms with Crippen molar-refractivity contribution in [1.29, 1.82) is 0 Å². The first-order chi connectivity index (χ1) is 6.69. The molecule has 0 aromatic heterocycles. The number of hydrogen-bond acceptors (Lipinski definition) is 2. The van der Waals surface area contributed by atoms with Crippen molar-refractivity contribution in [3.63, 3.8) is 0 Å². The Kier molecular flexibility index (Phi) is 3.65. The van der Waals surface area contributed by atoms with Crippen LogP contribution >= 0.6 is 11.6 Å². The largest absolute Gasteiger partial charge is 0.281 e. The van der Waals surface area contributed by atoms with Gasteiger partial charge in [-0.15, -0.1) is 0 Å². The third kappa shape index (κ3) is 2.33. The van der Waals surface area contributed by atoms with Crippen LogP contribution in [0.4, 0.5) is 0 Å². The maximum absolute atomic E-state index is 11.6. The minimum atomic E-state index is -0.306. The van der Waals surface area contributed by atoms with E-state index in [9.17, 15) is 9.59 Å². The van der Waals surface area contributed by atoms with Crippen LogP contribution in [-0.2, 0) is 4.79 Å². The van der Waals surface area contributed by atoms with Gasteiger partial charge in [0.1, 0.15) is 0 Å². The summed E-state index contributed by atoms with van der Waals surface area (Å²) in [6, 6.07) is 6.43. The molecule has 0 aliphatic rings. The number of imide groups is 1. The summed E-state index contributed by atoms with van der Waals surface area (Å²) < 4.78 is 0. The normalized spacial score (nSPS) is 9.57. The molecule has 0 heterocycles. The van der Waals surface area contributed by atoms with Crippen LogP contribution < -0.4 is 0 Å². The Morgan fingerprint density at radius 2 is 2.00 bits per heavy atom. The molecule has 0 aliphatic heterocycles. The van der Waals surface area contributed by atoms with Crippen LogP contribution in [0.2, 0.25) is 5.02 Å². The molecular formula is C10H10ClNO2. The van der Waals surface area contributed by atoms with Crippen molar-refractivity contribution in [2.45, 2.75) is 6.92 Å². The second kappa shape index (κ2) is 4.77. The maximum atomic E-state index is 11.6. The van der Waals surface area contributed by atoms with E-state index in [0.29, 0.717) is 23.5 Å². The summed E-state index contributed by atoms with van der Waals surface area (Å²) in [5.41, 5.74) is 0.461. The molecule has 3 nitrogen and oxygen atoms in total. The van der Waals surface area contributed by atoms with Gasteiger partial charge in [0, 0.05) is 17.1 Å². The SMILES string of the molecule is CCN(C=O)C(=O)c1ccc(Cl)cc1. The van der Waals surface area contributed by atoms with Crippen LogP contribution in [0.1, 0.15) is 17.3 Å². The first kappa shape index (κ1) is 10.7. The Balaban J connectivity index is 2.88. The summed E-state index contributed by atoms with van der Waals surface area (Å²) in [5, 5.41) is 0.565. The predicted molar refractivity (Wildman–Crippen MR) is 54.2 cm³/mol. The van der Waals surface area contributed by atoms with Gasteiger partial charge < -0.3 is 0 Å². The molecule has 0 spiro atoms. The monoisotopic (exact) mass is 211 g/mol. The standard InChI is InChI=1S/C10H10ClNO2/c1-2-12(7-13)10(14)8-3-5-9(11)6-4-8/h3-7H,2H2,1H3. The number of carbonyl (C=O) groups excluding carboxylic acids is 2. The molecule has 0 unspecified atom stereocenters. The van der Waals surface area contributed by atoms with Crippen molar-refractivity contribution >= 4 is 23.9 Å². The fourth-order valence-corrected chi connectivity index (χ4v) is 1.15. The van der Waals surface area contributed by atoms with Gasteiger partial charge in [-0.25, -0.2) is 0 Å². The number of hydrogen-bond donors (Lipinski definition) is 0. The Morgan fingerprint density at radius 1 is 1.43 bits per heavy atom. The van der Waals surface area contributed by atoms with Gasteiger partial charge >= 0.3 is 0 Å². The third-order valence-electron chi connectivity index (χ3n) is 1.82. The number of amides is 2. The number of nitrogens with zero attached hydrogens (tertiary/aromatic N) is 1. The van der Waals surface area contributed by atoms with Gasteiger partial charge in [-0.3, -0.25) is 14.5 Å². The number of rotatable bonds is 3. The second-order valence-electron chi connectivity index (χ2n) is 2.70. The Labute approximate surface area is 87.3 Å². The van der Waals surface area contributed by atoms with Gasteiger partial charge in [0.15, 0.2) is 0 Å². The number of carbonyl (C=O) groups is 2. The van der Waals surface area contributed by atoms with Gasteiger partial charge in [-0.05, 0) is 31.2 Å².